The number of hydrogen-bond acceptors (Lipinski definition) is 6. The van der Waals surface area contributed by atoms with Gasteiger partial charge in [0.15, 0.2) is 0 Å². The van der Waals surface area contributed by atoms with Crippen molar-refractivity contribution in [1.29, 1.82) is 0 Å². The van der Waals surface area contributed by atoms with Gasteiger partial charge in [-0.2, -0.15) is 0 Å². The number of halogens is 2. The highest BCUT2D eigenvalue weighted by molar-refractivity contribution is 9.11. The lowest BCUT2D eigenvalue weighted by Gasteiger charge is -2.10. The third-order valence-electron chi connectivity index (χ3n) is 3.90. The van der Waals surface area contributed by atoms with Gasteiger partial charge < -0.3 is 10.4 Å². The smallest absolute Gasteiger partial charge is 0.264 e. The summed E-state index contributed by atoms with van der Waals surface area (Å²) >= 11 is 6.44. The lowest BCUT2D eigenvalue weighted by atomic mass is 10.2. The van der Waals surface area contributed by atoms with E-state index in [1.165, 1.54) is 30.3 Å². The molecular weight excluding hydrogens is 540 g/mol. The molecule has 3 N–H and O–H groups in total. The SMILES string of the molecule is Cc1cc(C)nc(NS(=O)(=O)c2ccc(NC(=O)c3cc(Br)cc(Br)c3O)cc2)n1. The zero-order chi connectivity index (χ0) is 22.1. The summed E-state index contributed by atoms with van der Waals surface area (Å²) in [5, 5.41) is 12.7. The summed E-state index contributed by atoms with van der Waals surface area (Å²) in [5.74, 6) is -0.764. The maximum Gasteiger partial charge on any atom is 0.264 e. The monoisotopic (exact) mass is 554 g/mol. The number of nitrogens with zero attached hydrogens (tertiary/aromatic N) is 2. The van der Waals surface area contributed by atoms with E-state index in [4.69, 9.17) is 0 Å². The number of phenols is 1. The van der Waals surface area contributed by atoms with Crippen LogP contribution in [0.2, 0.25) is 0 Å². The van der Waals surface area contributed by atoms with Crippen molar-refractivity contribution < 1.29 is 18.3 Å². The molecule has 0 saturated carbocycles. The van der Waals surface area contributed by atoms with E-state index in [2.05, 4.69) is 51.9 Å². The van der Waals surface area contributed by atoms with Crippen molar-refractivity contribution in [1.82, 2.24) is 9.97 Å². The van der Waals surface area contributed by atoms with Crippen LogP contribution < -0.4 is 10.0 Å². The number of anilines is 2. The maximum atomic E-state index is 12.6. The summed E-state index contributed by atoms with van der Waals surface area (Å²) in [5.41, 5.74) is 1.69. The van der Waals surface area contributed by atoms with E-state index in [0.717, 1.165) is 0 Å². The Morgan fingerprint density at radius 2 is 1.60 bits per heavy atom. The van der Waals surface area contributed by atoms with E-state index in [1.807, 2.05) is 0 Å². The summed E-state index contributed by atoms with van der Waals surface area (Å²) < 4.78 is 28.5. The van der Waals surface area contributed by atoms with Gasteiger partial charge in [-0.3, -0.25) is 4.79 Å². The molecule has 0 aliphatic heterocycles. The van der Waals surface area contributed by atoms with Crippen molar-refractivity contribution in [2.45, 2.75) is 18.7 Å². The molecule has 0 unspecified atom stereocenters. The number of rotatable bonds is 5. The van der Waals surface area contributed by atoms with E-state index in [1.54, 1.807) is 26.0 Å². The lowest BCUT2D eigenvalue weighted by molar-refractivity contribution is 0.102. The van der Waals surface area contributed by atoms with Gasteiger partial charge in [0, 0.05) is 21.5 Å². The number of benzene rings is 2. The number of aromatic hydroxyl groups is 1. The Morgan fingerprint density at radius 3 is 2.20 bits per heavy atom. The van der Waals surface area contributed by atoms with Crippen LogP contribution in [0.4, 0.5) is 11.6 Å². The highest BCUT2D eigenvalue weighted by atomic mass is 79.9. The van der Waals surface area contributed by atoms with Gasteiger partial charge in [-0.05, 0) is 72.2 Å². The summed E-state index contributed by atoms with van der Waals surface area (Å²) in [6.07, 6.45) is 0. The number of sulfonamides is 1. The minimum absolute atomic E-state index is 0.0133. The number of aromatic nitrogens is 2. The van der Waals surface area contributed by atoms with Crippen LogP contribution >= 0.6 is 31.9 Å². The second kappa shape index (κ2) is 8.70. The Bertz CT molecular complexity index is 1210. The Kier molecular flexibility index (Phi) is 6.44. The number of nitrogens with one attached hydrogen (secondary N) is 2. The fraction of sp³-hybridized carbons (Fsp3) is 0.105. The molecule has 0 saturated heterocycles. The van der Waals surface area contributed by atoms with Gasteiger partial charge in [-0.1, -0.05) is 15.9 Å². The molecule has 3 aromatic rings. The van der Waals surface area contributed by atoms with Crippen LogP contribution in [-0.2, 0) is 10.0 Å². The largest absolute Gasteiger partial charge is 0.506 e. The molecule has 0 aliphatic rings. The second-order valence-corrected chi connectivity index (χ2v) is 9.79. The summed E-state index contributed by atoms with van der Waals surface area (Å²) in [4.78, 5) is 20.6. The van der Waals surface area contributed by atoms with Crippen molar-refractivity contribution in [3.63, 3.8) is 0 Å². The van der Waals surface area contributed by atoms with Gasteiger partial charge in [-0.15, -0.1) is 0 Å². The average molecular weight is 556 g/mol. The molecule has 0 atom stereocenters. The van der Waals surface area contributed by atoms with E-state index in [0.29, 0.717) is 26.0 Å². The number of phenolic OH excluding ortho intramolecular Hbond substituents is 1. The van der Waals surface area contributed by atoms with Crippen molar-refractivity contribution in [3.8, 4) is 5.75 Å². The molecule has 30 heavy (non-hydrogen) atoms. The first-order valence-corrected chi connectivity index (χ1v) is 11.6. The van der Waals surface area contributed by atoms with Crippen LogP contribution in [-0.4, -0.2) is 29.4 Å². The van der Waals surface area contributed by atoms with E-state index < -0.39 is 15.9 Å². The van der Waals surface area contributed by atoms with Crippen molar-refractivity contribution in [2.24, 2.45) is 0 Å². The van der Waals surface area contributed by atoms with E-state index >= 15 is 0 Å². The first kappa shape index (κ1) is 22.2. The zero-order valence-electron chi connectivity index (χ0n) is 15.8. The first-order chi connectivity index (χ1) is 14.0. The highest BCUT2D eigenvalue weighted by Crippen LogP contribution is 2.32. The van der Waals surface area contributed by atoms with E-state index in [-0.39, 0.29) is 22.2 Å². The molecular formula is C19H16Br2N4O4S. The Balaban J connectivity index is 1.78. The molecule has 2 aromatic carbocycles. The second-order valence-electron chi connectivity index (χ2n) is 6.34. The lowest BCUT2D eigenvalue weighted by Crippen LogP contribution is -2.16. The normalized spacial score (nSPS) is 11.2. The third kappa shape index (κ3) is 5.15. The average Bonchev–Trinajstić information content (AvgIpc) is 2.63. The number of amides is 1. The number of aryl methyl sites for hydroxylation is 2. The fourth-order valence-electron chi connectivity index (χ4n) is 2.61. The van der Waals surface area contributed by atoms with Crippen LogP contribution in [0, 0.1) is 13.8 Å². The molecule has 3 rings (SSSR count). The predicted molar refractivity (Wildman–Crippen MR) is 120 cm³/mol. The Morgan fingerprint density at radius 1 is 1.00 bits per heavy atom. The van der Waals surface area contributed by atoms with Crippen LogP contribution in [0.1, 0.15) is 21.7 Å². The molecule has 0 spiro atoms. The molecule has 11 heteroatoms. The minimum Gasteiger partial charge on any atom is -0.506 e. The van der Waals surface area contributed by atoms with Crippen molar-refractivity contribution in [3.05, 3.63) is 68.4 Å². The van der Waals surface area contributed by atoms with Gasteiger partial charge in [0.25, 0.3) is 15.9 Å². The highest BCUT2D eigenvalue weighted by Gasteiger charge is 2.18. The molecule has 0 aliphatic carbocycles. The van der Waals surface area contributed by atoms with Gasteiger partial charge >= 0.3 is 0 Å². The minimum atomic E-state index is -3.90. The molecule has 1 heterocycles. The predicted octanol–water partition coefficient (Wildman–Crippen LogP) is 4.38. The summed E-state index contributed by atoms with van der Waals surface area (Å²) in [6.45, 7) is 3.48. The van der Waals surface area contributed by atoms with Gasteiger partial charge in [0.05, 0.1) is 14.9 Å². The van der Waals surface area contributed by atoms with Crippen LogP contribution in [0.25, 0.3) is 0 Å². The fourth-order valence-corrected chi connectivity index (χ4v) is 4.77. The van der Waals surface area contributed by atoms with Crippen LogP contribution in [0.15, 0.2) is 56.3 Å². The standard InChI is InChI=1S/C19H16Br2N4O4S/c1-10-7-11(2)23-19(22-10)25-30(28,29)14-5-3-13(4-6-14)24-18(27)15-8-12(20)9-16(21)17(15)26/h3-9,26H,1-2H3,(H,24,27)(H,22,23,25). The molecule has 0 radical (unpaired) electrons. The molecule has 8 nitrogen and oxygen atoms in total. The topological polar surface area (TPSA) is 121 Å². The Hall–Kier alpha value is -2.50. The van der Waals surface area contributed by atoms with Gasteiger partial charge in [0.1, 0.15) is 5.75 Å². The number of carbonyl (C=O) groups excluding carboxylic acids is 1. The third-order valence-corrected chi connectivity index (χ3v) is 6.31. The molecule has 0 bridgehead atoms. The number of carbonyl (C=O) groups is 1. The molecule has 1 aromatic heterocycles. The van der Waals surface area contributed by atoms with Gasteiger partial charge in [-0.25, -0.2) is 23.1 Å². The van der Waals surface area contributed by atoms with Crippen LogP contribution in [0.3, 0.4) is 0 Å². The van der Waals surface area contributed by atoms with Crippen LogP contribution in [0.5, 0.6) is 5.75 Å². The summed E-state index contributed by atoms with van der Waals surface area (Å²) in [6, 6.07) is 10.4. The van der Waals surface area contributed by atoms with Crippen molar-refractivity contribution in [2.75, 3.05) is 10.0 Å². The van der Waals surface area contributed by atoms with E-state index in [9.17, 15) is 18.3 Å². The van der Waals surface area contributed by atoms with Crippen molar-refractivity contribution >= 4 is 59.4 Å². The number of hydrogen-bond donors (Lipinski definition) is 3. The molecule has 0 fully saturated rings. The van der Waals surface area contributed by atoms with Gasteiger partial charge in [0.2, 0.25) is 5.95 Å². The summed E-state index contributed by atoms with van der Waals surface area (Å²) in [7, 11) is -3.90. The maximum absolute atomic E-state index is 12.6. The quantitative estimate of drug-likeness (QED) is 0.429. The zero-order valence-corrected chi connectivity index (χ0v) is 19.8. The Labute approximate surface area is 190 Å². The molecule has 156 valence electrons. The molecule has 1 amide bonds. The first-order valence-electron chi connectivity index (χ1n) is 8.50.